The number of carbonyl (C=O) groups is 1. The molecular weight excluding hydrogens is 325 g/mol. The first-order chi connectivity index (χ1) is 12.1. The van der Waals surface area contributed by atoms with Gasteiger partial charge in [-0.15, -0.1) is 0 Å². The van der Waals surface area contributed by atoms with Crippen LogP contribution in [0, 0.1) is 5.82 Å². The largest absolute Gasteiger partial charge is 0.363 e. The lowest BCUT2D eigenvalue weighted by Crippen LogP contribution is -2.53. The summed E-state index contributed by atoms with van der Waals surface area (Å²) in [4.78, 5) is 27.2. The van der Waals surface area contributed by atoms with Crippen molar-refractivity contribution in [3.63, 3.8) is 0 Å². The van der Waals surface area contributed by atoms with E-state index in [2.05, 4.69) is 26.8 Å². The molecular formula is C17H24FN5O2. The zero-order chi connectivity index (χ0) is 17.4. The van der Waals surface area contributed by atoms with Gasteiger partial charge in [0.15, 0.2) is 5.82 Å². The molecule has 0 spiro atoms. The lowest BCUT2D eigenvalue weighted by Gasteiger charge is -2.39. The number of anilines is 1. The van der Waals surface area contributed by atoms with E-state index in [0.717, 1.165) is 45.6 Å². The van der Waals surface area contributed by atoms with Crippen LogP contribution in [0.3, 0.4) is 0 Å². The second-order valence-corrected chi connectivity index (χ2v) is 7.12. The number of halogens is 1. The van der Waals surface area contributed by atoms with Crippen LogP contribution in [0.2, 0.25) is 0 Å². The molecule has 1 aromatic heterocycles. The number of nitrogens with zero attached hydrogens (tertiary/aromatic N) is 5. The highest BCUT2D eigenvalue weighted by atomic mass is 19.1. The molecule has 0 bridgehead atoms. The fourth-order valence-electron chi connectivity index (χ4n) is 4.04. The maximum Gasteiger partial charge on any atom is 0.251 e. The Balaban J connectivity index is 1.38. The fourth-order valence-corrected chi connectivity index (χ4v) is 4.04. The van der Waals surface area contributed by atoms with Crippen molar-refractivity contribution in [2.75, 3.05) is 44.7 Å². The van der Waals surface area contributed by atoms with Gasteiger partial charge in [-0.05, 0) is 26.3 Å². The molecule has 0 aliphatic carbocycles. The zero-order valence-corrected chi connectivity index (χ0v) is 14.5. The number of hydrogen-bond donors (Lipinski definition) is 0. The third kappa shape index (κ3) is 3.32. The molecule has 4 heterocycles. The number of hydrogen-bond acceptors (Lipinski definition) is 6. The molecule has 0 radical (unpaired) electrons. The smallest absolute Gasteiger partial charge is 0.251 e. The predicted molar refractivity (Wildman–Crippen MR) is 89.7 cm³/mol. The first kappa shape index (κ1) is 16.7. The van der Waals surface area contributed by atoms with Crippen LogP contribution in [0.15, 0.2) is 12.4 Å². The van der Waals surface area contributed by atoms with Gasteiger partial charge in [0.1, 0.15) is 6.10 Å². The van der Waals surface area contributed by atoms with Gasteiger partial charge in [0, 0.05) is 32.7 Å². The van der Waals surface area contributed by atoms with Crippen molar-refractivity contribution < 1.29 is 13.9 Å². The highest BCUT2D eigenvalue weighted by Crippen LogP contribution is 2.34. The second kappa shape index (κ2) is 6.84. The summed E-state index contributed by atoms with van der Waals surface area (Å²) in [6.07, 6.45) is 4.50. The predicted octanol–water partition coefficient (Wildman–Crippen LogP) is 0.516. The molecule has 0 unspecified atom stereocenters. The summed E-state index contributed by atoms with van der Waals surface area (Å²) in [5, 5.41) is 0. The molecule has 1 aromatic rings. The minimum absolute atomic E-state index is 0.0174. The minimum atomic E-state index is -0.433. The number of amides is 1. The molecule has 3 aliphatic heterocycles. The summed E-state index contributed by atoms with van der Waals surface area (Å²) in [6.45, 7) is 4.16. The van der Waals surface area contributed by atoms with Crippen LogP contribution in [0.25, 0.3) is 0 Å². The summed E-state index contributed by atoms with van der Waals surface area (Å²) in [5.74, 6) is 0.238. The number of fused-ring (bicyclic) bond motifs is 1. The van der Waals surface area contributed by atoms with E-state index in [1.54, 1.807) is 0 Å². The Morgan fingerprint density at radius 3 is 2.56 bits per heavy atom. The minimum Gasteiger partial charge on any atom is -0.363 e. The Morgan fingerprint density at radius 1 is 1.12 bits per heavy atom. The van der Waals surface area contributed by atoms with Gasteiger partial charge in [-0.25, -0.2) is 14.4 Å². The molecule has 3 saturated heterocycles. The molecule has 0 N–H and O–H groups in total. The van der Waals surface area contributed by atoms with Crippen molar-refractivity contribution in [1.82, 2.24) is 19.8 Å². The van der Waals surface area contributed by atoms with Crippen molar-refractivity contribution in [3.05, 3.63) is 18.2 Å². The maximum atomic E-state index is 13.0. The van der Waals surface area contributed by atoms with Gasteiger partial charge in [0.05, 0.1) is 24.5 Å². The molecule has 0 saturated carbocycles. The molecule has 3 atom stereocenters. The van der Waals surface area contributed by atoms with Crippen LogP contribution in [-0.2, 0) is 9.53 Å². The molecule has 8 heteroatoms. The highest BCUT2D eigenvalue weighted by Gasteiger charge is 2.43. The zero-order valence-electron chi connectivity index (χ0n) is 14.5. The molecule has 25 heavy (non-hydrogen) atoms. The Kier molecular flexibility index (Phi) is 4.56. The van der Waals surface area contributed by atoms with Gasteiger partial charge < -0.3 is 19.4 Å². The molecule has 4 rings (SSSR count). The van der Waals surface area contributed by atoms with Crippen LogP contribution >= 0.6 is 0 Å². The van der Waals surface area contributed by atoms with E-state index in [0.29, 0.717) is 12.4 Å². The van der Waals surface area contributed by atoms with Crippen molar-refractivity contribution >= 4 is 11.9 Å². The van der Waals surface area contributed by atoms with Crippen LogP contribution in [-0.4, -0.2) is 83.7 Å². The standard InChI is InChI=1S/C17H24FN5O2/c1-21-6-8-22(9-7-21)16(24)15-3-2-13-14(25-15)4-5-23(13)17-19-10-12(18)11-20-17/h10-11,13-15H,2-9H2,1H3/t13-,14-,15-/m1/s1. The lowest BCUT2D eigenvalue weighted by molar-refractivity contribution is -0.154. The van der Waals surface area contributed by atoms with Crippen molar-refractivity contribution in [3.8, 4) is 0 Å². The Hall–Kier alpha value is -1.80. The van der Waals surface area contributed by atoms with Crippen molar-refractivity contribution in [2.24, 2.45) is 0 Å². The average Bonchev–Trinajstić information content (AvgIpc) is 3.05. The molecule has 0 aromatic carbocycles. The van der Waals surface area contributed by atoms with Crippen molar-refractivity contribution in [2.45, 2.75) is 37.5 Å². The summed E-state index contributed by atoms with van der Waals surface area (Å²) < 4.78 is 19.2. The summed E-state index contributed by atoms with van der Waals surface area (Å²) in [7, 11) is 2.08. The second-order valence-electron chi connectivity index (χ2n) is 7.12. The quantitative estimate of drug-likeness (QED) is 0.776. The molecule has 1 amide bonds. The number of likely N-dealkylation sites (N-methyl/N-ethyl adjacent to an activating group) is 1. The van der Waals surface area contributed by atoms with Gasteiger partial charge in [-0.3, -0.25) is 4.79 Å². The average molecular weight is 349 g/mol. The number of aromatic nitrogens is 2. The SMILES string of the molecule is CN1CCN(C(=O)[C@H]2CC[C@@H]3[C@@H](CCN3c3ncc(F)cn3)O2)CC1. The summed E-state index contributed by atoms with van der Waals surface area (Å²) in [5.41, 5.74) is 0. The van der Waals surface area contributed by atoms with E-state index in [1.807, 2.05) is 4.90 Å². The van der Waals surface area contributed by atoms with Gasteiger partial charge >= 0.3 is 0 Å². The summed E-state index contributed by atoms with van der Waals surface area (Å²) in [6, 6.07) is 0.169. The topological polar surface area (TPSA) is 61.8 Å². The van der Waals surface area contributed by atoms with E-state index in [4.69, 9.17) is 4.74 Å². The van der Waals surface area contributed by atoms with Crippen LogP contribution < -0.4 is 4.90 Å². The molecule has 3 aliphatic rings. The third-order valence-electron chi connectivity index (χ3n) is 5.50. The van der Waals surface area contributed by atoms with Crippen LogP contribution in [0.1, 0.15) is 19.3 Å². The van der Waals surface area contributed by atoms with Gasteiger partial charge in [0.25, 0.3) is 5.91 Å². The maximum absolute atomic E-state index is 13.0. The monoisotopic (exact) mass is 349 g/mol. The number of piperazine rings is 1. The highest BCUT2D eigenvalue weighted by molar-refractivity contribution is 5.81. The summed E-state index contributed by atoms with van der Waals surface area (Å²) >= 11 is 0. The van der Waals surface area contributed by atoms with Gasteiger partial charge in [0.2, 0.25) is 5.95 Å². The van der Waals surface area contributed by atoms with Crippen LogP contribution in [0.4, 0.5) is 10.3 Å². The number of ether oxygens (including phenoxy) is 1. The number of carbonyl (C=O) groups excluding carboxylic acids is 1. The molecule has 3 fully saturated rings. The normalized spacial score (nSPS) is 30.4. The van der Waals surface area contributed by atoms with E-state index in [9.17, 15) is 9.18 Å². The molecule has 7 nitrogen and oxygen atoms in total. The Labute approximate surface area is 146 Å². The van der Waals surface area contributed by atoms with Crippen molar-refractivity contribution in [1.29, 1.82) is 0 Å². The number of rotatable bonds is 2. The lowest BCUT2D eigenvalue weighted by atomic mass is 9.98. The Bertz CT molecular complexity index is 620. The first-order valence-corrected chi connectivity index (χ1v) is 8.99. The van der Waals surface area contributed by atoms with Crippen LogP contribution in [0.5, 0.6) is 0 Å². The van der Waals surface area contributed by atoms with E-state index in [-0.39, 0.29) is 24.2 Å². The van der Waals surface area contributed by atoms with E-state index in [1.165, 1.54) is 12.4 Å². The van der Waals surface area contributed by atoms with Gasteiger partial charge in [-0.2, -0.15) is 0 Å². The fraction of sp³-hybridized carbons (Fsp3) is 0.706. The third-order valence-corrected chi connectivity index (χ3v) is 5.50. The van der Waals surface area contributed by atoms with E-state index < -0.39 is 5.82 Å². The molecule has 136 valence electrons. The van der Waals surface area contributed by atoms with E-state index >= 15 is 0 Å². The first-order valence-electron chi connectivity index (χ1n) is 8.99. The van der Waals surface area contributed by atoms with Gasteiger partial charge in [-0.1, -0.05) is 0 Å². The Morgan fingerprint density at radius 2 is 1.84 bits per heavy atom.